The smallest absolute Gasteiger partial charge is 0.264 e. The Morgan fingerprint density at radius 3 is 2.37 bits per heavy atom. The highest BCUT2D eigenvalue weighted by atomic mass is 35.5. The van der Waals surface area contributed by atoms with Gasteiger partial charge < -0.3 is 19.4 Å². The molecule has 1 heterocycles. The van der Waals surface area contributed by atoms with E-state index in [1.165, 1.54) is 38.5 Å². The maximum atomic E-state index is 14.0. The van der Waals surface area contributed by atoms with Crippen molar-refractivity contribution in [2.75, 3.05) is 30.4 Å². The van der Waals surface area contributed by atoms with Gasteiger partial charge in [-0.15, -0.1) is 0 Å². The van der Waals surface area contributed by atoms with E-state index in [2.05, 4.69) is 16.8 Å². The lowest BCUT2D eigenvalue weighted by molar-refractivity contribution is -0.114. The molecule has 5 aromatic rings. The van der Waals surface area contributed by atoms with E-state index in [-0.39, 0.29) is 21.4 Å². The van der Waals surface area contributed by atoms with E-state index >= 15 is 0 Å². The second-order valence-electron chi connectivity index (χ2n) is 9.17. The number of benzene rings is 4. The molecule has 0 radical (unpaired) electrons. The highest BCUT2D eigenvalue weighted by Gasteiger charge is 2.29. The number of anilines is 2. The highest BCUT2D eigenvalue weighted by Crippen LogP contribution is 2.34. The van der Waals surface area contributed by atoms with Gasteiger partial charge in [0, 0.05) is 40.1 Å². The van der Waals surface area contributed by atoms with Crippen molar-refractivity contribution in [1.29, 1.82) is 0 Å². The summed E-state index contributed by atoms with van der Waals surface area (Å²) in [7, 11) is -1.53. The summed E-state index contributed by atoms with van der Waals surface area (Å²) < 4.78 is 55.2. The first-order valence-electron chi connectivity index (χ1n) is 12.7. The summed E-state index contributed by atoms with van der Waals surface area (Å²) >= 11 is 5.99. The van der Waals surface area contributed by atoms with Crippen LogP contribution in [0.3, 0.4) is 0 Å². The largest absolute Gasteiger partial charge is 0.493 e. The quantitative estimate of drug-likeness (QED) is 0.211. The molecule has 1 aromatic heterocycles. The van der Waals surface area contributed by atoms with Crippen LogP contribution in [0, 0.1) is 5.82 Å². The number of sulfonamides is 1. The third-order valence-electron chi connectivity index (χ3n) is 6.79. The molecule has 0 fully saturated rings. The van der Waals surface area contributed by atoms with Crippen molar-refractivity contribution in [3.05, 3.63) is 89.7 Å². The van der Waals surface area contributed by atoms with Crippen LogP contribution < -0.4 is 19.1 Å². The average molecular weight is 596 g/mol. The number of fused-ring (bicyclic) bond motifs is 3. The Balaban J connectivity index is 1.51. The first-order valence-corrected chi connectivity index (χ1v) is 14.5. The van der Waals surface area contributed by atoms with Crippen LogP contribution in [0.4, 0.5) is 15.8 Å². The molecule has 0 aliphatic rings. The van der Waals surface area contributed by atoms with E-state index in [9.17, 15) is 17.6 Å². The predicted octanol–water partition coefficient (Wildman–Crippen LogP) is 6.46. The molecule has 41 heavy (non-hydrogen) atoms. The standard InChI is InChI=1S/C30H27ClFN3O5S/c1-4-34-26-8-6-5-7-22(26)23-15-19(9-13-27(23)34)33-30(36)18-35(20-10-12-25(32)24(31)16-20)41(37,38)21-11-14-28(39-2)29(17-21)40-3/h5-17H,4,18H2,1-3H3,(H,33,36). The number of rotatable bonds is 9. The second kappa shape index (κ2) is 11.3. The molecule has 4 aromatic carbocycles. The number of aryl methyl sites for hydroxylation is 1. The zero-order valence-corrected chi connectivity index (χ0v) is 24.1. The van der Waals surface area contributed by atoms with Gasteiger partial charge in [0.05, 0.1) is 29.8 Å². The molecule has 0 aliphatic carbocycles. The number of nitrogens with zero attached hydrogens (tertiary/aromatic N) is 2. The van der Waals surface area contributed by atoms with Crippen molar-refractivity contribution in [2.45, 2.75) is 18.4 Å². The van der Waals surface area contributed by atoms with Crippen LogP contribution in [0.25, 0.3) is 21.8 Å². The lowest BCUT2D eigenvalue weighted by Crippen LogP contribution is -2.38. The van der Waals surface area contributed by atoms with Crippen molar-refractivity contribution < 1.29 is 27.1 Å². The molecule has 1 amide bonds. The van der Waals surface area contributed by atoms with Crippen molar-refractivity contribution in [3.63, 3.8) is 0 Å². The zero-order chi connectivity index (χ0) is 29.3. The van der Waals surface area contributed by atoms with Crippen LogP contribution >= 0.6 is 11.6 Å². The molecule has 0 spiro atoms. The van der Waals surface area contributed by atoms with Gasteiger partial charge in [0.25, 0.3) is 10.0 Å². The van der Waals surface area contributed by atoms with Crippen molar-refractivity contribution >= 4 is 60.7 Å². The summed E-state index contributed by atoms with van der Waals surface area (Å²) in [5.41, 5.74) is 2.61. The van der Waals surface area contributed by atoms with E-state index < -0.39 is 28.3 Å². The summed E-state index contributed by atoms with van der Waals surface area (Å²) in [5, 5.41) is 4.53. The zero-order valence-electron chi connectivity index (χ0n) is 22.5. The monoisotopic (exact) mass is 595 g/mol. The van der Waals surface area contributed by atoms with Crippen molar-refractivity contribution in [1.82, 2.24) is 4.57 Å². The summed E-state index contributed by atoms with van der Waals surface area (Å²) in [6.07, 6.45) is 0. The fourth-order valence-electron chi connectivity index (χ4n) is 4.86. The number of carbonyl (C=O) groups excluding carboxylic acids is 1. The first kappa shape index (κ1) is 28.3. The minimum atomic E-state index is -4.34. The molecule has 0 unspecified atom stereocenters. The Kier molecular flexibility index (Phi) is 7.79. The van der Waals surface area contributed by atoms with Gasteiger partial charge in [0.15, 0.2) is 11.5 Å². The van der Waals surface area contributed by atoms with E-state index in [1.54, 1.807) is 6.07 Å². The number of carbonyl (C=O) groups is 1. The maximum absolute atomic E-state index is 14.0. The van der Waals surface area contributed by atoms with Gasteiger partial charge in [-0.2, -0.15) is 0 Å². The number of amides is 1. The van der Waals surface area contributed by atoms with Gasteiger partial charge in [-0.05, 0) is 61.5 Å². The highest BCUT2D eigenvalue weighted by molar-refractivity contribution is 7.92. The van der Waals surface area contributed by atoms with Gasteiger partial charge in [0.2, 0.25) is 5.91 Å². The Bertz CT molecular complexity index is 1890. The number of para-hydroxylation sites is 1. The first-order chi connectivity index (χ1) is 19.7. The predicted molar refractivity (Wildman–Crippen MR) is 159 cm³/mol. The van der Waals surface area contributed by atoms with Crippen LogP contribution in [0.15, 0.2) is 83.8 Å². The van der Waals surface area contributed by atoms with Gasteiger partial charge in [-0.3, -0.25) is 9.10 Å². The van der Waals surface area contributed by atoms with Gasteiger partial charge in [-0.1, -0.05) is 29.8 Å². The number of ether oxygens (including phenoxy) is 2. The Hall–Kier alpha value is -4.28. The molecular weight excluding hydrogens is 569 g/mol. The molecule has 0 saturated carbocycles. The summed E-state index contributed by atoms with van der Waals surface area (Å²) in [5.74, 6) is -0.800. The topological polar surface area (TPSA) is 89.9 Å². The van der Waals surface area contributed by atoms with Gasteiger partial charge >= 0.3 is 0 Å². The van der Waals surface area contributed by atoms with Crippen molar-refractivity contribution in [3.8, 4) is 11.5 Å². The molecule has 0 saturated heterocycles. The molecule has 1 N–H and O–H groups in total. The lowest BCUT2D eigenvalue weighted by Gasteiger charge is -2.25. The Morgan fingerprint density at radius 1 is 0.927 bits per heavy atom. The lowest BCUT2D eigenvalue weighted by atomic mass is 10.1. The fourth-order valence-corrected chi connectivity index (χ4v) is 6.47. The molecule has 11 heteroatoms. The molecule has 8 nitrogen and oxygen atoms in total. The molecule has 0 bridgehead atoms. The number of hydrogen-bond donors (Lipinski definition) is 1. The summed E-state index contributed by atoms with van der Waals surface area (Å²) in [6.45, 7) is 2.24. The van der Waals surface area contributed by atoms with E-state index in [0.29, 0.717) is 11.4 Å². The minimum absolute atomic E-state index is 0.0165. The molecule has 212 valence electrons. The van der Waals surface area contributed by atoms with Gasteiger partial charge in [-0.25, -0.2) is 12.8 Å². The number of nitrogens with one attached hydrogen (secondary N) is 1. The molecule has 0 aliphatic heterocycles. The maximum Gasteiger partial charge on any atom is 0.264 e. The third kappa shape index (κ3) is 5.28. The second-order valence-corrected chi connectivity index (χ2v) is 11.4. The van der Waals surface area contributed by atoms with Crippen molar-refractivity contribution in [2.24, 2.45) is 0 Å². The third-order valence-corrected chi connectivity index (χ3v) is 8.85. The number of aromatic nitrogens is 1. The van der Waals surface area contributed by atoms with E-state index in [0.717, 1.165) is 44.8 Å². The van der Waals surface area contributed by atoms with Crippen LogP contribution in [-0.4, -0.2) is 39.7 Å². The Labute approximate surface area is 241 Å². The van der Waals surface area contributed by atoms with Crippen LogP contribution in [0.2, 0.25) is 5.02 Å². The SMILES string of the molecule is CCn1c2ccccc2c2cc(NC(=O)CN(c3ccc(F)c(Cl)c3)S(=O)(=O)c3ccc(OC)c(OC)c3)ccc21. The normalized spacial score (nSPS) is 11.5. The summed E-state index contributed by atoms with van der Waals surface area (Å²) in [4.78, 5) is 13.2. The van der Waals surface area contributed by atoms with E-state index in [4.69, 9.17) is 21.1 Å². The van der Waals surface area contributed by atoms with Crippen LogP contribution in [-0.2, 0) is 21.4 Å². The molecular formula is C30H27ClFN3O5S. The number of halogens is 2. The van der Waals surface area contributed by atoms with Crippen LogP contribution in [0.1, 0.15) is 6.92 Å². The Morgan fingerprint density at radius 2 is 1.66 bits per heavy atom. The minimum Gasteiger partial charge on any atom is -0.493 e. The van der Waals surface area contributed by atoms with Crippen LogP contribution in [0.5, 0.6) is 11.5 Å². The average Bonchev–Trinajstić information content (AvgIpc) is 3.29. The number of hydrogen-bond acceptors (Lipinski definition) is 5. The molecule has 0 atom stereocenters. The van der Waals surface area contributed by atoms with E-state index in [1.807, 2.05) is 36.4 Å². The van der Waals surface area contributed by atoms with Gasteiger partial charge in [0.1, 0.15) is 12.4 Å². The molecule has 5 rings (SSSR count). The fraction of sp³-hybridized carbons (Fsp3) is 0.167. The summed E-state index contributed by atoms with van der Waals surface area (Å²) in [6, 6.07) is 21.1. The number of methoxy groups -OCH3 is 2.